The van der Waals surface area contributed by atoms with Gasteiger partial charge in [-0.05, 0) is 31.1 Å². The molecule has 2 aliphatic rings. The van der Waals surface area contributed by atoms with E-state index in [0.717, 1.165) is 0 Å². The fourth-order valence-electron chi connectivity index (χ4n) is 3.62. The van der Waals surface area contributed by atoms with E-state index in [2.05, 4.69) is 4.74 Å². The quantitative estimate of drug-likeness (QED) is 0.568. The molecule has 2 unspecified atom stereocenters. The third-order valence-electron chi connectivity index (χ3n) is 4.75. The standard InChI is InChI=1S/C14H20F4O2/c1-20-12(19)11-8-14(17,18)7-4-10(11)9-2-5-13(15,16)6-3-9/h9-11H,2-8H2,1H3. The first-order chi connectivity index (χ1) is 9.24. The van der Waals surface area contributed by atoms with Gasteiger partial charge in [-0.2, -0.15) is 0 Å². The molecule has 0 aromatic carbocycles. The molecule has 2 aliphatic carbocycles. The van der Waals surface area contributed by atoms with Gasteiger partial charge in [0.1, 0.15) is 0 Å². The molecule has 0 N–H and O–H groups in total. The average Bonchev–Trinajstić information content (AvgIpc) is 2.37. The summed E-state index contributed by atoms with van der Waals surface area (Å²) >= 11 is 0. The Morgan fingerprint density at radius 2 is 1.55 bits per heavy atom. The van der Waals surface area contributed by atoms with Crippen molar-refractivity contribution in [2.75, 3.05) is 7.11 Å². The second-order valence-electron chi connectivity index (χ2n) is 6.09. The minimum atomic E-state index is -2.85. The van der Waals surface area contributed by atoms with E-state index < -0.39 is 30.2 Å². The Balaban J connectivity index is 2.07. The molecule has 0 spiro atoms. The molecule has 0 saturated heterocycles. The maximum atomic E-state index is 13.5. The summed E-state index contributed by atoms with van der Waals surface area (Å²) in [5, 5.41) is 0. The first-order valence-corrected chi connectivity index (χ1v) is 7.07. The molecule has 0 amide bonds. The SMILES string of the molecule is COC(=O)C1CC(F)(F)CCC1C1CCC(F)(F)CC1. The van der Waals surface area contributed by atoms with Crippen LogP contribution in [0.2, 0.25) is 0 Å². The Morgan fingerprint density at radius 1 is 1.00 bits per heavy atom. The van der Waals surface area contributed by atoms with Gasteiger partial charge in [-0.3, -0.25) is 4.79 Å². The van der Waals surface area contributed by atoms with Crippen LogP contribution in [0.25, 0.3) is 0 Å². The summed E-state index contributed by atoms with van der Waals surface area (Å²) in [6.07, 6.45) is -0.386. The number of carbonyl (C=O) groups excluding carboxylic acids is 1. The van der Waals surface area contributed by atoms with Crippen molar-refractivity contribution in [2.24, 2.45) is 17.8 Å². The number of alkyl halides is 4. The van der Waals surface area contributed by atoms with Crippen molar-refractivity contribution in [1.82, 2.24) is 0 Å². The smallest absolute Gasteiger partial charge is 0.309 e. The Labute approximate surface area is 115 Å². The van der Waals surface area contributed by atoms with Gasteiger partial charge in [0.2, 0.25) is 11.8 Å². The Kier molecular flexibility index (Phi) is 4.30. The first-order valence-electron chi connectivity index (χ1n) is 7.07. The van der Waals surface area contributed by atoms with Crippen LogP contribution in [0, 0.1) is 17.8 Å². The number of hydrogen-bond donors (Lipinski definition) is 0. The van der Waals surface area contributed by atoms with Crippen molar-refractivity contribution in [2.45, 2.75) is 56.8 Å². The second-order valence-corrected chi connectivity index (χ2v) is 6.09. The van der Waals surface area contributed by atoms with Crippen molar-refractivity contribution in [3.8, 4) is 0 Å². The zero-order valence-electron chi connectivity index (χ0n) is 11.5. The monoisotopic (exact) mass is 296 g/mol. The molecule has 2 saturated carbocycles. The molecular weight excluding hydrogens is 276 g/mol. The Hall–Kier alpha value is -0.810. The molecule has 2 atom stereocenters. The molecule has 2 nitrogen and oxygen atoms in total. The fraction of sp³-hybridized carbons (Fsp3) is 0.929. The van der Waals surface area contributed by atoms with E-state index in [1.54, 1.807) is 0 Å². The largest absolute Gasteiger partial charge is 0.469 e. The van der Waals surface area contributed by atoms with E-state index in [9.17, 15) is 22.4 Å². The fourth-order valence-corrected chi connectivity index (χ4v) is 3.62. The molecule has 0 aliphatic heterocycles. The topological polar surface area (TPSA) is 26.3 Å². The van der Waals surface area contributed by atoms with Crippen LogP contribution < -0.4 is 0 Å². The summed E-state index contributed by atoms with van der Waals surface area (Å²) in [5.41, 5.74) is 0. The van der Waals surface area contributed by atoms with E-state index in [-0.39, 0.29) is 37.5 Å². The summed E-state index contributed by atoms with van der Waals surface area (Å²) < 4.78 is 58.0. The number of halogens is 4. The molecule has 0 aromatic heterocycles. The minimum Gasteiger partial charge on any atom is -0.469 e. The lowest BCUT2D eigenvalue weighted by Gasteiger charge is -2.41. The highest BCUT2D eigenvalue weighted by Gasteiger charge is 2.49. The zero-order chi connectivity index (χ0) is 15.0. The molecule has 0 radical (unpaired) electrons. The van der Waals surface area contributed by atoms with E-state index in [1.165, 1.54) is 7.11 Å². The van der Waals surface area contributed by atoms with Gasteiger partial charge in [0.05, 0.1) is 13.0 Å². The van der Waals surface area contributed by atoms with E-state index >= 15 is 0 Å². The lowest BCUT2D eigenvalue weighted by Crippen LogP contribution is -2.42. The Bertz CT molecular complexity index is 360. The molecule has 2 fully saturated rings. The third kappa shape index (κ3) is 3.44. The van der Waals surface area contributed by atoms with Crippen LogP contribution in [-0.4, -0.2) is 24.9 Å². The normalized spacial score (nSPS) is 33.6. The van der Waals surface area contributed by atoms with Crippen LogP contribution in [-0.2, 0) is 9.53 Å². The number of carbonyl (C=O) groups is 1. The number of hydrogen-bond acceptors (Lipinski definition) is 2. The van der Waals surface area contributed by atoms with Crippen LogP contribution in [0.15, 0.2) is 0 Å². The van der Waals surface area contributed by atoms with Gasteiger partial charge in [-0.1, -0.05) is 0 Å². The molecule has 20 heavy (non-hydrogen) atoms. The van der Waals surface area contributed by atoms with E-state index in [0.29, 0.717) is 12.8 Å². The van der Waals surface area contributed by atoms with Crippen molar-refractivity contribution in [3.63, 3.8) is 0 Å². The highest BCUT2D eigenvalue weighted by atomic mass is 19.3. The maximum Gasteiger partial charge on any atom is 0.309 e. The van der Waals surface area contributed by atoms with Crippen molar-refractivity contribution >= 4 is 5.97 Å². The average molecular weight is 296 g/mol. The van der Waals surface area contributed by atoms with Gasteiger partial charge in [0.25, 0.3) is 0 Å². The van der Waals surface area contributed by atoms with Crippen molar-refractivity contribution in [1.29, 1.82) is 0 Å². The molecule has 2 rings (SSSR count). The zero-order valence-corrected chi connectivity index (χ0v) is 11.5. The van der Waals surface area contributed by atoms with Crippen molar-refractivity contribution < 1.29 is 27.1 Å². The highest BCUT2D eigenvalue weighted by molar-refractivity contribution is 5.73. The lowest BCUT2D eigenvalue weighted by molar-refractivity contribution is -0.160. The van der Waals surface area contributed by atoms with Gasteiger partial charge in [-0.15, -0.1) is 0 Å². The van der Waals surface area contributed by atoms with Crippen LogP contribution in [0.1, 0.15) is 44.9 Å². The summed E-state index contributed by atoms with van der Waals surface area (Å²) in [6, 6.07) is 0. The van der Waals surface area contributed by atoms with Gasteiger partial charge in [-0.25, -0.2) is 17.6 Å². The minimum absolute atomic E-state index is 0.0742. The van der Waals surface area contributed by atoms with Crippen LogP contribution in [0.5, 0.6) is 0 Å². The van der Waals surface area contributed by atoms with Crippen LogP contribution >= 0.6 is 0 Å². The third-order valence-corrected chi connectivity index (χ3v) is 4.75. The van der Waals surface area contributed by atoms with Gasteiger partial charge >= 0.3 is 5.97 Å². The number of rotatable bonds is 2. The maximum absolute atomic E-state index is 13.5. The first kappa shape index (κ1) is 15.6. The van der Waals surface area contributed by atoms with Gasteiger partial charge in [0.15, 0.2) is 0 Å². The Morgan fingerprint density at radius 3 is 2.10 bits per heavy atom. The van der Waals surface area contributed by atoms with Gasteiger partial charge in [0, 0.05) is 25.7 Å². The van der Waals surface area contributed by atoms with Gasteiger partial charge < -0.3 is 4.74 Å². The predicted molar refractivity (Wildman–Crippen MR) is 64.7 cm³/mol. The number of esters is 1. The molecule has 6 heteroatoms. The number of ether oxygens (including phenoxy) is 1. The second kappa shape index (κ2) is 5.53. The van der Waals surface area contributed by atoms with Crippen LogP contribution in [0.4, 0.5) is 17.6 Å². The van der Waals surface area contributed by atoms with E-state index in [4.69, 9.17) is 0 Å². The summed E-state index contributed by atoms with van der Waals surface area (Å²) in [5.74, 6) is -7.32. The molecular formula is C14H20F4O2. The number of methoxy groups -OCH3 is 1. The summed E-state index contributed by atoms with van der Waals surface area (Å²) in [4.78, 5) is 11.7. The molecule has 0 aromatic rings. The van der Waals surface area contributed by atoms with E-state index in [1.807, 2.05) is 0 Å². The summed E-state index contributed by atoms with van der Waals surface area (Å²) in [6.45, 7) is 0. The molecule has 0 heterocycles. The van der Waals surface area contributed by atoms with Crippen LogP contribution in [0.3, 0.4) is 0 Å². The highest BCUT2D eigenvalue weighted by Crippen LogP contribution is 2.48. The summed E-state index contributed by atoms with van der Waals surface area (Å²) in [7, 11) is 1.18. The molecule has 0 bridgehead atoms. The van der Waals surface area contributed by atoms with Crippen molar-refractivity contribution in [3.05, 3.63) is 0 Å². The predicted octanol–water partition coefficient (Wildman–Crippen LogP) is 4.04. The molecule has 116 valence electrons. The lowest BCUT2D eigenvalue weighted by atomic mass is 9.66.